The van der Waals surface area contributed by atoms with Crippen molar-refractivity contribution in [2.75, 3.05) is 19.6 Å². The number of rotatable bonds is 7. The maximum Gasteiger partial charge on any atom is 0.243 e. The number of carbonyl (C=O) groups is 2. The predicted octanol–water partition coefficient (Wildman–Crippen LogP) is 5.79. The fourth-order valence-corrected chi connectivity index (χ4v) is 5.61. The third kappa shape index (κ3) is 5.32. The van der Waals surface area contributed by atoms with Crippen molar-refractivity contribution in [1.29, 1.82) is 0 Å². The molecule has 0 spiro atoms. The van der Waals surface area contributed by atoms with Gasteiger partial charge in [0.1, 0.15) is 6.54 Å². The average molecular weight is 499 g/mol. The second-order valence-electron chi connectivity index (χ2n) is 7.93. The van der Waals surface area contributed by atoms with E-state index in [4.69, 9.17) is 23.2 Å². The molecule has 33 heavy (non-hydrogen) atoms. The Morgan fingerprint density at radius 1 is 1.12 bits per heavy atom. The van der Waals surface area contributed by atoms with Gasteiger partial charge in [0, 0.05) is 28.0 Å². The topological polar surface area (TPSA) is 40.6 Å². The van der Waals surface area contributed by atoms with E-state index in [-0.39, 0.29) is 30.8 Å². The summed E-state index contributed by atoms with van der Waals surface area (Å²) in [5.74, 6) is -0.227. The minimum Gasteiger partial charge on any atom is -0.330 e. The van der Waals surface area contributed by atoms with E-state index in [2.05, 4.69) is 12.6 Å². The van der Waals surface area contributed by atoms with Crippen LogP contribution in [-0.2, 0) is 22.4 Å². The van der Waals surface area contributed by atoms with Gasteiger partial charge in [0.2, 0.25) is 11.8 Å². The van der Waals surface area contributed by atoms with E-state index in [0.29, 0.717) is 23.1 Å². The van der Waals surface area contributed by atoms with Gasteiger partial charge in [-0.15, -0.1) is 17.9 Å². The second-order valence-corrected chi connectivity index (χ2v) is 9.77. The Labute approximate surface area is 208 Å². The molecule has 0 saturated carbocycles. The third-order valence-electron chi connectivity index (χ3n) is 5.77. The van der Waals surface area contributed by atoms with Crippen molar-refractivity contribution < 1.29 is 9.59 Å². The number of thiophene rings is 1. The number of nitrogens with zero attached hydrogens (tertiary/aromatic N) is 2. The molecule has 1 unspecified atom stereocenters. The normalized spacial score (nSPS) is 15.1. The zero-order chi connectivity index (χ0) is 23.4. The van der Waals surface area contributed by atoms with Crippen LogP contribution in [0.1, 0.15) is 27.6 Å². The highest BCUT2D eigenvalue weighted by atomic mass is 35.5. The lowest BCUT2D eigenvalue weighted by Crippen LogP contribution is -2.47. The number of hydrogen-bond donors (Lipinski definition) is 0. The molecule has 2 heterocycles. The van der Waals surface area contributed by atoms with Crippen molar-refractivity contribution in [3.63, 3.8) is 0 Å². The fraction of sp³-hybridized carbons (Fsp3) is 0.231. The maximum absolute atomic E-state index is 13.6. The molecule has 4 rings (SSSR count). The first-order chi connectivity index (χ1) is 16.0. The van der Waals surface area contributed by atoms with Crippen LogP contribution in [-0.4, -0.2) is 41.2 Å². The monoisotopic (exact) mass is 498 g/mol. The first kappa shape index (κ1) is 23.6. The van der Waals surface area contributed by atoms with E-state index in [1.54, 1.807) is 34.4 Å². The maximum atomic E-state index is 13.6. The molecular weight excluding hydrogens is 475 g/mol. The molecule has 0 bridgehead atoms. The van der Waals surface area contributed by atoms with E-state index in [9.17, 15) is 9.59 Å². The summed E-state index contributed by atoms with van der Waals surface area (Å²) in [6.45, 7) is 4.62. The lowest BCUT2D eigenvalue weighted by atomic mass is 9.93. The number of amides is 2. The summed E-state index contributed by atoms with van der Waals surface area (Å²) in [5.41, 5.74) is 2.82. The molecule has 7 heteroatoms. The summed E-state index contributed by atoms with van der Waals surface area (Å²) in [5, 5.41) is 3.11. The molecule has 1 aliphatic rings. The first-order valence-corrected chi connectivity index (χ1v) is 12.3. The molecule has 2 amide bonds. The van der Waals surface area contributed by atoms with Crippen LogP contribution in [0.15, 0.2) is 72.6 Å². The fourth-order valence-electron chi connectivity index (χ4n) is 4.19. The first-order valence-electron chi connectivity index (χ1n) is 10.7. The van der Waals surface area contributed by atoms with Crippen molar-refractivity contribution in [3.8, 4) is 0 Å². The highest BCUT2D eigenvalue weighted by Gasteiger charge is 2.35. The van der Waals surface area contributed by atoms with E-state index in [1.165, 1.54) is 4.88 Å². The Morgan fingerprint density at radius 2 is 1.91 bits per heavy atom. The number of benzene rings is 2. The van der Waals surface area contributed by atoms with Gasteiger partial charge in [-0.05, 0) is 46.7 Å². The Hall–Kier alpha value is -2.60. The van der Waals surface area contributed by atoms with Crippen molar-refractivity contribution in [2.24, 2.45) is 0 Å². The SMILES string of the molecule is C=CCN(CC(=O)N1CCc2sccc2C1c1ccc(Cl)cc1Cl)C(=O)Cc1ccccc1. The Balaban J connectivity index is 1.59. The van der Waals surface area contributed by atoms with Gasteiger partial charge in [-0.25, -0.2) is 0 Å². The molecule has 1 atom stereocenters. The molecule has 3 aromatic rings. The molecule has 170 valence electrons. The molecule has 0 saturated heterocycles. The number of hydrogen-bond acceptors (Lipinski definition) is 3. The summed E-state index contributed by atoms with van der Waals surface area (Å²) >= 11 is 14.4. The summed E-state index contributed by atoms with van der Waals surface area (Å²) in [4.78, 5) is 31.2. The van der Waals surface area contributed by atoms with Crippen molar-refractivity contribution in [2.45, 2.75) is 18.9 Å². The predicted molar refractivity (Wildman–Crippen MR) is 135 cm³/mol. The van der Waals surface area contributed by atoms with Gasteiger partial charge in [0.05, 0.1) is 12.5 Å². The molecule has 1 aliphatic heterocycles. The minimum atomic E-state index is -0.313. The molecule has 4 nitrogen and oxygen atoms in total. The average Bonchev–Trinajstić information content (AvgIpc) is 3.28. The minimum absolute atomic E-state index is 0.0150. The van der Waals surface area contributed by atoms with Crippen LogP contribution in [0.4, 0.5) is 0 Å². The highest BCUT2D eigenvalue weighted by Crippen LogP contribution is 2.41. The lowest BCUT2D eigenvalue weighted by molar-refractivity contribution is -0.141. The highest BCUT2D eigenvalue weighted by molar-refractivity contribution is 7.10. The van der Waals surface area contributed by atoms with Crippen LogP contribution in [0.3, 0.4) is 0 Å². The Morgan fingerprint density at radius 3 is 2.64 bits per heavy atom. The molecule has 0 aliphatic carbocycles. The summed E-state index contributed by atoms with van der Waals surface area (Å²) < 4.78 is 0. The Kier molecular flexibility index (Phi) is 7.53. The molecule has 0 N–H and O–H groups in total. The van der Waals surface area contributed by atoms with Gasteiger partial charge >= 0.3 is 0 Å². The third-order valence-corrected chi connectivity index (χ3v) is 7.33. The number of carbonyl (C=O) groups excluding carboxylic acids is 2. The molecule has 2 aromatic carbocycles. The molecular formula is C26H24Cl2N2O2S. The standard InChI is InChI=1S/C26H24Cl2N2O2S/c1-2-12-29(24(31)15-18-6-4-3-5-7-18)17-25(32)30-13-10-23-21(11-14-33-23)26(30)20-9-8-19(27)16-22(20)28/h2-9,11,14,16,26H,1,10,12-13,15,17H2. The Bertz CT molecular complexity index is 1160. The van der Waals surface area contributed by atoms with E-state index < -0.39 is 0 Å². The van der Waals surface area contributed by atoms with Gasteiger partial charge in [-0.1, -0.05) is 65.7 Å². The number of fused-ring (bicyclic) bond motifs is 1. The van der Waals surface area contributed by atoms with Gasteiger partial charge in [0.25, 0.3) is 0 Å². The van der Waals surface area contributed by atoms with Crippen LogP contribution in [0.5, 0.6) is 0 Å². The number of halogens is 2. The zero-order valence-electron chi connectivity index (χ0n) is 18.0. The van der Waals surface area contributed by atoms with Gasteiger partial charge in [-0.3, -0.25) is 9.59 Å². The zero-order valence-corrected chi connectivity index (χ0v) is 20.4. The largest absolute Gasteiger partial charge is 0.330 e. The lowest BCUT2D eigenvalue weighted by Gasteiger charge is -2.38. The van der Waals surface area contributed by atoms with Crippen LogP contribution in [0.25, 0.3) is 0 Å². The van der Waals surface area contributed by atoms with Gasteiger partial charge < -0.3 is 9.80 Å². The smallest absolute Gasteiger partial charge is 0.243 e. The van der Waals surface area contributed by atoms with Crippen LogP contribution in [0.2, 0.25) is 10.0 Å². The van der Waals surface area contributed by atoms with Crippen molar-refractivity contribution in [3.05, 3.63) is 104 Å². The summed E-state index contributed by atoms with van der Waals surface area (Å²) in [6, 6.07) is 16.6. The van der Waals surface area contributed by atoms with Crippen molar-refractivity contribution >= 4 is 46.4 Å². The van der Waals surface area contributed by atoms with E-state index >= 15 is 0 Å². The van der Waals surface area contributed by atoms with E-state index in [1.807, 2.05) is 46.7 Å². The molecule has 0 radical (unpaired) electrons. The van der Waals surface area contributed by atoms with E-state index in [0.717, 1.165) is 23.1 Å². The van der Waals surface area contributed by atoms with Crippen LogP contribution in [0, 0.1) is 0 Å². The second kappa shape index (κ2) is 10.6. The van der Waals surface area contributed by atoms with Crippen LogP contribution >= 0.6 is 34.5 Å². The van der Waals surface area contributed by atoms with Crippen molar-refractivity contribution in [1.82, 2.24) is 9.80 Å². The van der Waals surface area contributed by atoms with Gasteiger partial charge in [0.15, 0.2) is 0 Å². The van der Waals surface area contributed by atoms with Gasteiger partial charge in [-0.2, -0.15) is 0 Å². The van der Waals surface area contributed by atoms with Crippen LogP contribution < -0.4 is 0 Å². The summed E-state index contributed by atoms with van der Waals surface area (Å²) in [7, 11) is 0. The summed E-state index contributed by atoms with van der Waals surface area (Å²) in [6.07, 6.45) is 2.67. The molecule has 0 fully saturated rings. The quantitative estimate of drug-likeness (QED) is 0.387. The molecule has 1 aromatic heterocycles.